The molecule has 2 atom stereocenters. The van der Waals surface area contributed by atoms with Crippen molar-refractivity contribution in [2.75, 3.05) is 7.11 Å². The Balaban J connectivity index is 1.94. The molecule has 0 radical (unpaired) electrons. The maximum absolute atomic E-state index is 14.8. The van der Waals surface area contributed by atoms with Gasteiger partial charge in [0.1, 0.15) is 7.14 Å². The third kappa shape index (κ3) is 3.10. The summed E-state index contributed by atoms with van der Waals surface area (Å²) >= 11 is 0. The molecule has 0 heterocycles. The number of ether oxygens (including phenoxy) is 1. The van der Waals surface area contributed by atoms with Gasteiger partial charge in [0, 0.05) is 16.3 Å². The van der Waals surface area contributed by atoms with Crippen LogP contribution in [0.3, 0.4) is 0 Å². The first-order valence-electron chi connectivity index (χ1n) is 9.53. The molecule has 1 aliphatic rings. The Morgan fingerprint density at radius 3 is 1.96 bits per heavy atom. The van der Waals surface area contributed by atoms with Gasteiger partial charge in [-0.2, -0.15) is 0 Å². The minimum Gasteiger partial charge on any atom is -0.469 e. The molecule has 0 fully saturated rings. The smallest absolute Gasteiger partial charge is 0.313 e. The molecule has 0 amide bonds. The van der Waals surface area contributed by atoms with Crippen LogP contribution in [0, 0.1) is 0 Å². The van der Waals surface area contributed by atoms with Crippen LogP contribution in [0.5, 0.6) is 0 Å². The van der Waals surface area contributed by atoms with Crippen LogP contribution in [0.2, 0.25) is 0 Å². The van der Waals surface area contributed by atoms with Crippen molar-refractivity contribution in [2.45, 2.75) is 24.4 Å². The molecule has 0 spiro atoms. The molecule has 0 aliphatic heterocycles. The van der Waals surface area contributed by atoms with E-state index in [9.17, 15) is 9.36 Å². The maximum Gasteiger partial charge on any atom is 0.313 e. The normalized spacial score (nSPS) is 18.9. The molecule has 3 nitrogen and oxygen atoms in total. The highest BCUT2D eigenvalue weighted by Crippen LogP contribution is 2.57. The number of aryl methyl sites for hydroxylation is 1. The molecule has 1 aliphatic carbocycles. The molecule has 0 unspecified atom stereocenters. The largest absolute Gasteiger partial charge is 0.469 e. The highest BCUT2D eigenvalue weighted by atomic mass is 31.2. The van der Waals surface area contributed by atoms with Crippen LogP contribution in [-0.2, 0) is 20.5 Å². The lowest BCUT2D eigenvalue weighted by atomic mass is 9.82. The van der Waals surface area contributed by atoms with E-state index in [0.29, 0.717) is 6.42 Å². The van der Waals surface area contributed by atoms with Crippen LogP contribution >= 0.6 is 7.14 Å². The Labute approximate surface area is 165 Å². The number of fused-ring (bicyclic) bond motifs is 1. The van der Waals surface area contributed by atoms with Gasteiger partial charge in [-0.15, -0.1) is 0 Å². The number of carbonyl (C=O) groups is 1. The summed E-state index contributed by atoms with van der Waals surface area (Å²) in [7, 11) is -1.67. The Morgan fingerprint density at radius 1 is 0.857 bits per heavy atom. The van der Waals surface area contributed by atoms with Gasteiger partial charge < -0.3 is 9.30 Å². The first kappa shape index (κ1) is 18.7. The third-order valence-electron chi connectivity index (χ3n) is 5.69. The van der Waals surface area contributed by atoms with Crippen molar-refractivity contribution in [1.29, 1.82) is 0 Å². The Kier molecular flexibility index (Phi) is 5.19. The lowest BCUT2D eigenvalue weighted by Crippen LogP contribution is -2.37. The molecule has 0 aromatic heterocycles. The van der Waals surface area contributed by atoms with Crippen molar-refractivity contribution in [2.24, 2.45) is 0 Å². The zero-order chi connectivity index (χ0) is 19.6. The topological polar surface area (TPSA) is 43.4 Å². The molecule has 0 bridgehead atoms. The molecule has 4 heteroatoms. The Bertz CT molecular complexity index is 971. The van der Waals surface area contributed by atoms with Gasteiger partial charge in [0.15, 0.2) is 0 Å². The quantitative estimate of drug-likeness (QED) is 0.494. The minimum absolute atomic E-state index is 0.316. The molecular weight excluding hydrogens is 367 g/mol. The second-order valence-electron chi connectivity index (χ2n) is 7.13. The SMILES string of the molecule is COC(=O)[C@H]1c2ccccc2CC[C@@H]1P(=O)(c1ccccc1)c1ccccc1. The van der Waals surface area contributed by atoms with Crippen LogP contribution in [0.25, 0.3) is 0 Å². The highest BCUT2D eigenvalue weighted by Gasteiger charge is 2.47. The molecule has 0 N–H and O–H groups in total. The monoisotopic (exact) mass is 390 g/mol. The Hall–Kier alpha value is -2.64. The molecule has 3 aromatic rings. The summed E-state index contributed by atoms with van der Waals surface area (Å²) in [5, 5.41) is 1.58. The minimum atomic E-state index is -3.08. The number of benzene rings is 3. The van der Waals surface area contributed by atoms with Gasteiger partial charge in [-0.05, 0) is 24.0 Å². The second kappa shape index (κ2) is 7.77. The average molecular weight is 390 g/mol. The number of hydrogen-bond acceptors (Lipinski definition) is 3. The van der Waals surface area contributed by atoms with E-state index >= 15 is 0 Å². The van der Waals surface area contributed by atoms with Gasteiger partial charge >= 0.3 is 5.97 Å². The summed E-state index contributed by atoms with van der Waals surface area (Å²) in [4.78, 5) is 12.9. The van der Waals surface area contributed by atoms with E-state index in [0.717, 1.165) is 28.2 Å². The number of rotatable bonds is 4. The van der Waals surface area contributed by atoms with E-state index in [1.807, 2.05) is 78.9 Å². The van der Waals surface area contributed by atoms with Crippen LogP contribution in [0.15, 0.2) is 84.9 Å². The molecule has 0 saturated heterocycles. The van der Waals surface area contributed by atoms with Gasteiger partial charge in [-0.3, -0.25) is 4.79 Å². The van der Waals surface area contributed by atoms with Gasteiger partial charge in [0.2, 0.25) is 0 Å². The molecular formula is C24H23O3P. The van der Waals surface area contributed by atoms with Crippen LogP contribution in [0.4, 0.5) is 0 Å². The average Bonchev–Trinajstić information content (AvgIpc) is 2.78. The first-order valence-corrected chi connectivity index (χ1v) is 11.3. The summed E-state index contributed by atoms with van der Waals surface area (Å²) in [6.45, 7) is 0. The van der Waals surface area contributed by atoms with E-state index in [1.165, 1.54) is 7.11 Å². The fraction of sp³-hybridized carbons (Fsp3) is 0.208. The molecule has 142 valence electrons. The van der Waals surface area contributed by atoms with E-state index in [-0.39, 0.29) is 11.6 Å². The summed E-state index contributed by atoms with van der Waals surface area (Å²) in [5.74, 6) is -0.856. The van der Waals surface area contributed by atoms with Crippen molar-refractivity contribution in [1.82, 2.24) is 0 Å². The molecule has 0 saturated carbocycles. The van der Waals surface area contributed by atoms with Crippen LogP contribution in [-0.4, -0.2) is 18.7 Å². The fourth-order valence-electron chi connectivity index (χ4n) is 4.38. The molecule has 4 rings (SSSR count). The lowest BCUT2D eigenvalue weighted by Gasteiger charge is -2.37. The number of esters is 1. The van der Waals surface area contributed by atoms with Crippen molar-refractivity contribution in [3.63, 3.8) is 0 Å². The number of methoxy groups -OCH3 is 1. The van der Waals surface area contributed by atoms with Gasteiger partial charge in [0.05, 0.1) is 13.0 Å². The zero-order valence-electron chi connectivity index (χ0n) is 15.8. The van der Waals surface area contributed by atoms with Crippen molar-refractivity contribution < 1.29 is 14.1 Å². The van der Waals surface area contributed by atoms with Crippen molar-refractivity contribution in [3.05, 3.63) is 96.1 Å². The summed E-state index contributed by atoms with van der Waals surface area (Å²) < 4.78 is 20.0. The molecule has 28 heavy (non-hydrogen) atoms. The van der Waals surface area contributed by atoms with E-state index in [1.54, 1.807) is 0 Å². The van der Waals surface area contributed by atoms with Gasteiger partial charge in [-0.1, -0.05) is 84.9 Å². The fourth-order valence-corrected chi connectivity index (χ4v) is 7.87. The summed E-state index contributed by atoms with van der Waals surface area (Å²) in [6, 6.07) is 27.1. The summed E-state index contributed by atoms with van der Waals surface area (Å²) in [5.41, 5.74) is 1.75. The van der Waals surface area contributed by atoms with Crippen molar-refractivity contribution in [3.8, 4) is 0 Å². The number of carbonyl (C=O) groups excluding carboxylic acids is 1. The third-order valence-corrected chi connectivity index (χ3v) is 9.31. The zero-order valence-corrected chi connectivity index (χ0v) is 16.7. The van der Waals surface area contributed by atoms with Gasteiger partial charge in [0.25, 0.3) is 0 Å². The van der Waals surface area contributed by atoms with Crippen molar-refractivity contribution >= 4 is 23.7 Å². The van der Waals surface area contributed by atoms with Crippen LogP contribution in [0.1, 0.15) is 23.5 Å². The standard InChI is InChI=1S/C24H23O3P/c1-27-24(25)23-21-15-9-8-10-18(21)16-17-22(23)28(26,19-11-4-2-5-12-19)20-13-6-3-7-14-20/h2-15,22-23H,16-17H2,1H3/t22-,23-/m0/s1. The number of hydrogen-bond donors (Lipinski definition) is 0. The highest BCUT2D eigenvalue weighted by molar-refractivity contribution is 7.79. The lowest BCUT2D eigenvalue weighted by molar-refractivity contribution is -0.142. The van der Waals surface area contributed by atoms with E-state index < -0.39 is 13.1 Å². The van der Waals surface area contributed by atoms with Gasteiger partial charge in [-0.25, -0.2) is 0 Å². The molecule has 3 aromatic carbocycles. The second-order valence-corrected chi connectivity index (χ2v) is 10.1. The van der Waals surface area contributed by atoms with E-state index in [2.05, 4.69) is 6.07 Å². The maximum atomic E-state index is 14.8. The predicted octanol–water partition coefficient (Wildman–Crippen LogP) is 4.27. The van der Waals surface area contributed by atoms with Crippen LogP contribution < -0.4 is 10.6 Å². The van der Waals surface area contributed by atoms with E-state index in [4.69, 9.17) is 4.74 Å². The first-order chi connectivity index (χ1) is 13.7. The Morgan fingerprint density at radius 2 is 1.39 bits per heavy atom. The summed E-state index contributed by atoms with van der Waals surface area (Å²) in [6.07, 6.45) is 1.48. The predicted molar refractivity (Wildman–Crippen MR) is 113 cm³/mol.